The molecule has 0 fully saturated rings. The van der Waals surface area contributed by atoms with Crippen molar-refractivity contribution < 1.29 is 17.9 Å². The Bertz CT molecular complexity index is 865. The van der Waals surface area contributed by atoms with Gasteiger partial charge in [0.2, 0.25) is 5.88 Å². The van der Waals surface area contributed by atoms with Crippen molar-refractivity contribution in [1.82, 2.24) is 14.3 Å². The summed E-state index contributed by atoms with van der Waals surface area (Å²) in [4.78, 5) is 8.36. The van der Waals surface area contributed by atoms with E-state index >= 15 is 0 Å². The molecule has 0 atom stereocenters. The number of aryl methyl sites for hydroxylation is 1. The molecule has 0 amide bonds. The van der Waals surface area contributed by atoms with E-state index in [1.165, 1.54) is 23.8 Å². The first-order valence-corrected chi connectivity index (χ1v) is 8.21. The summed E-state index contributed by atoms with van der Waals surface area (Å²) in [6, 6.07) is 5.62. The molecule has 0 unspecified atom stereocenters. The molecule has 0 radical (unpaired) electrons. The van der Waals surface area contributed by atoms with Crippen molar-refractivity contribution in [3.63, 3.8) is 0 Å². The SMILES string of the molecule is Cc1nsc(-c2cccnc2Oc2ccc(C(F)(F)F)nc2)c1Br. The van der Waals surface area contributed by atoms with Gasteiger partial charge in [0.05, 0.1) is 26.8 Å². The quantitative estimate of drug-likeness (QED) is 0.567. The van der Waals surface area contributed by atoms with Crippen LogP contribution in [0, 0.1) is 6.92 Å². The minimum atomic E-state index is -4.49. The Hall–Kier alpha value is -2.00. The maximum absolute atomic E-state index is 12.6. The van der Waals surface area contributed by atoms with Gasteiger partial charge in [-0.3, -0.25) is 0 Å². The summed E-state index contributed by atoms with van der Waals surface area (Å²) in [7, 11) is 0. The molecule has 24 heavy (non-hydrogen) atoms. The summed E-state index contributed by atoms with van der Waals surface area (Å²) in [5, 5.41) is 0. The molecule has 0 aliphatic rings. The fourth-order valence-corrected chi connectivity index (χ4v) is 3.33. The van der Waals surface area contributed by atoms with Gasteiger partial charge >= 0.3 is 6.18 Å². The maximum Gasteiger partial charge on any atom is 0.433 e. The molecular weight excluding hydrogens is 407 g/mol. The Morgan fingerprint density at radius 3 is 2.54 bits per heavy atom. The van der Waals surface area contributed by atoms with E-state index < -0.39 is 11.9 Å². The Morgan fingerprint density at radius 2 is 1.96 bits per heavy atom. The van der Waals surface area contributed by atoms with Crippen molar-refractivity contribution >= 4 is 27.5 Å². The van der Waals surface area contributed by atoms with Crippen molar-refractivity contribution in [3.05, 3.63) is 52.5 Å². The lowest BCUT2D eigenvalue weighted by Crippen LogP contribution is -2.07. The van der Waals surface area contributed by atoms with Gasteiger partial charge in [-0.1, -0.05) is 0 Å². The third-order valence-corrected chi connectivity index (χ3v) is 5.25. The van der Waals surface area contributed by atoms with Crippen LogP contribution in [0.1, 0.15) is 11.4 Å². The molecule has 0 spiro atoms. The van der Waals surface area contributed by atoms with Gasteiger partial charge in [0, 0.05) is 6.20 Å². The van der Waals surface area contributed by atoms with Gasteiger partial charge in [0.1, 0.15) is 11.4 Å². The molecule has 9 heteroatoms. The molecule has 3 aromatic heterocycles. The molecule has 3 aromatic rings. The molecule has 124 valence electrons. The van der Waals surface area contributed by atoms with E-state index in [1.54, 1.807) is 12.1 Å². The fraction of sp³-hybridized carbons (Fsp3) is 0.133. The highest BCUT2D eigenvalue weighted by Gasteiger charge is 2.32. The number of nitrogens with zero attached hydrogens (tertiary/aromatic N) is 3. The van der Waals surface area contributed by atoms with Crippen molar-refractivity contribution in [3.8, 4) is 22.1 Å². The molecule has 0 aromatic carbocycles. The maximum atomic E-state index is 12.6. The average Bonchev–Trinajstić information content (AvgIpc) is 2.87. The van der Waals surface area contributed by atoms with Crippen LogP contribution in [0.4, 0.5) is 13.2 Å². The smallest absolute Gasteiger partial charge is 0.433 e. The van der Waals surface area contributed by atoms with Gasteiger partial charge in [-0.25, -0.2) is 9.97 Å². The molecule has 0 N–H and O–H groups in total. The topological polar surface area (TPSA) is 47.9 Å². The number of alkyl halides is 3. The number of aromatic nitrogens is 3. The lowest BCUT2D eigenvalue weighted by molar-refractivity contribution is -0.141. The zero-order valence-electron chi connectivity index (χ0n) is 12.1. The Balaban J connectivity index is 1.93. The van der Waals surface area contributed by atoms with Crippen molar-refractivity contribution in [2.45, 2.75) is 13.1 Å². The van der Waals surface area contributed by atoms with Crippen LogP contribution in [0.2, 0.25) is 0 Å². The fourth-order valence-electron chi connectivity index (χ4n) is 1.89. The van der Waals surface area contributed by atoms with E-state index in [1.807, 2.05) is 6.92 Å². The number of rotatable bonds is 3. The number of hydrogen-bond acceptors (Lipinski definition) is 5. The van der Waals surface area contributed by atoms with Gasteiger partial charge in [-0.05, 0) is 58.7 Å². The third kappa shape index (κ3) is 3.41. The first-order chi connectivity index (χ1) is 11.4. The third-order valence-electron chi connectivity index (χ3n) is 3.05. The second-order valence-electron chi connectivity index (χ2n) is 4.75. The minimum absolute atomic E-state index is 0.167. The normalized spacial score (nSPS) is 11.5. The molecule has 0 aliphatic heterocycles. The summed E-state index contributed by atoms with van der Waals surface area (Å²) in [6.07, 6.45) is -1.92. The molecule has 0 saturated carbocycles. The zero-order chi connectivity index (χ0) is 17.3. The van der Waals surface area contributed by atoms with Gasteiger partial charge in [0.25, 0.3) is 0 Å². The van der Waals surface area contributed by atoms with Crippen molar-refractivity contribution in [1.29, 1.82) is 0 Å². The highest BCUT2D eigenvalue weighted by molar-refractivity contribution is 9.10. The Kier molecular flexibility index (Phi) is 4.55. The molecule has 0 saturated heterocycles. The monoisotopic (exact) mass is 415 g/mol. The van der Waals surface area contributed by atoms with E-state index in [0.717, 1.165) is 27.3 Å². The summed E-state index contributed by atoms with van der Waals surface area (Å²) in [5.41, 5.74) is 0.549. The van der Waals surface area contributed by atoms with Crippen LogP contribution in [-0.2, 0) is 6.18 Å². The zero-order valence-corrected chi connectivity index (χ0v) is 14.5. The number of ether oxygens (including phenoxy) is 1. The molecular formula is C15H9BrF3N3OS. The largest absolute Gasteiger partial charge is 0.437 e. The van der Waals surface area contributed by atoms with Crippen LogP contribution in [0.3, 0.4) is 0 Å². The van der Waals surface area contributed by atoms with Gasteiger partial charge < -0.3 is 4.74 Å². The molecule has 3 rings (SSSR count). The van der Waals surface area contributed by atoms with Crippen LogP contribution in [0.25, 0.3) is 10.4 Å². The first-order valence-electron chi connectivity index (χ1n) is 6.64. The summed E-state index contributed by atoms with van der Waals surface area (Å²) >= 11 is 4.74. The highest BCUT2D eigenvalue weighted by Crippen LogP contribution is 2.39. The molecule has 0 bridgehead atoms. The van der Waals surface area contributed by atoms with E-state index in [9.17, 15) is 13.2 Å². The lowest BCUT2D eigenvalue weighted by Gasteiger charge is -2.10. The predicted octanol–water partition coefficient (Wildman–Crippen LogP) is 5.48. The van der Waals surface area contributed by atoms with Gasteiger partial charge in [0.15, 0.2) is 0 Å². The second kappa shape index (κ2) is 6.48. The molecule has 0 aliphatic carbocycles. The van der Waals surface area contributed by atoms with Crippen LogP contribution < -0.4 is 4.74 Å². The number of hydrogen-bond donors (Lipinski definition) is 0. The number of pyridine rings is 2. The molecule has 4 nitrogen and oxygen atoms in total. The van der Waals surface area contributed by atoms with Crippen LogP contribution in [-0.4, -0.2) is 14.3 Å². The summed E-state index contributed by atoms with van der Waals surface area (Å²) in [5.74, 6) is 0.434. The lowest BCUT2D eigenvalue weighted by atomic mass is 10.2. The molecule has 3 heterocycles. The first kappa shape index (κ1) is 16.8. The number of halogens is 4. The minimum Gasteiger partial charge on any atom is -0.437 e. The van der Waals surface area contributed by atoms with Crippen molar-refractivity contribution in [2.24, 2.45) is 0 Å². The van der Waals surface area contributed by atoms with Crippen molar-refractivity contribution in [2.75, 3.05) is 0 Å². The van der Waals surface area contributed by atoms with E-state index in [-0.39, 0.29) is 11.6 Å². The standard InChI is InChI=1S/C15H9BrF3N3OS/c1-8-12(16)13(24-22-8)10-3-2-6-20-14(10)23-9-4-5-11(21-7-9)15(17,18)19/h2-7H,1H3. The van der Waals surface area contributed by atoms with E-state index in [0.29, 0.717) is 5.56 Å². The highest BCUT2D eigenvalue weighted by atomic mass is 79.9. The summed E-state index contributed by atoms with van der Waals surface area (Å²) < 4.78 is 48.4. The Morgan fingerprint density at radius 1 is 1.17 bits per heavy atom. The average molecular weight is 416 g/mol. The van der Waals surface area contributed by atoms with E-state index in [4.69, 9.17) is 4.74 Å². The Labute approximate surface area is 147 Å². The van der Waals surface area contributed by atoms with Crippen LogP contribution >= 0.6 is 27.5 Å². The predicted molar refractivity (Wildman–Crippen MR) is 87.1 cm³/mol. The van der Waals surface area contributed by atoms with Crippen LogP contribution in [0.5, 0.6) is 11.6 Å². The van der Waals surface area contributed by atoms with E-state index in [2.05, 4.69) is 30.3 Å². The summed E-state index contributed by atoms with van der Waals surface area (Å²) in [6.45, 7) is 1.86. The van der Waals surface area contributed by atoms with Crippen LogP contribution in [0.15, 0.2) is 41.1 Å². The van der Waals surface area contributed by atoms with Gasteiger partial charge in [-0.2, -0.15) is 17.5 Å². The van der Waals surface area contributed by atoms with Gasteiger partial charge in [-0.15, -0.1) is 0 Å². The second-order valence-corrected chi connectivity index (χ2v) is 6.31.